The summed E-state index contributed by atoms with van der Waals surface area (Å²) >= 11 is 0. The van der Waals surface area contributed by atoms with Crippen molar-refractivity contribution in [3.63, 3.8) is 0 Å². The van der Waals surface area contributed by atoms with E-state index in [9.17, 15) is 19.2 Å². The van der Waals surface area contributed by atoms with Crippen LogP contribution >= 0.6 is 0 Å². The molecule has 118 heavy (non-hydrogen) atoms. The molecule has 0 aliphatic carbocycles. The summed E-state index contributed by atoms with van der Waals surface area (Å²) in [5.41, 5.74) is 15.1. The molecule has 0 saturated heterocycles. The predicted molar refractivity (Wildman–Crippen MR) is 462 cm³/mol. The number of aliphatic imine (C=N–C) groups is 4. The van der Waals surface area contributed by atoms with Crippen molar-refractivity contribution in [1.29, 1.82) is 0 Å². The number of aliphatic hydroxyl groups is 4. The van der Waals surface area contributed by atoms with Crippen molar-refractivity contribution in [2.24, 2.45) is 20.0 Å². The van der Waals surface area contributed by atoms with Crippen molar-refractivity contribution in [3.8, 4) is 0 Å². The Hall–Kier alpha value is -12.3. The van der Waals surface area contributed by atoms with E-state index in [1.807, 2.05) is 177 Å². The summed E-state index contributed by atoms with van der Waals surface area (Å²) in [4.78, 5) is 77.1. The quantitative estimate of drug-likeness (QED) is 0.0815. The molecule has 4 aliphatic rings. The second kappa shape index (κ2) is 44.1. The molecule has 18 rings (SSSR count). The van der Waals surface area contributed by atoms with Crippen molar-refractivity contribution >= 4 is 157 Å². The Morgan fingerprint density at radius 3 is 0.975 bits per heavy atom. The number of aliphatic hydroxyl groups excluding tert-OH is 4. The molecule has 0 saturated carbocycles. The van der Waals surface area contributed by atoms with Gasteiger partial charge in [0.05, 0.1) is 56.8 Å². The summed E-state index contributed by atoms with van der Waals surface area (Å²) in [5.74, 6) is 2.47. The molecule has 4 aliphatic heterocycles. The van der Waals surface area contributed by atoms with E-state index in [1.54, 1.807) is 12.4 Å². The molecule has 14 aromatic rings. The average Bonchev–Trinajstić information content (AvgIpc) is 0.786. The number of amidine groups is 4. The Bertz CT molecular complexity index is 6160. The van der Waals surface area contributed by atoms with Gasteiger partial charge in [-0.1, -0.05) is 200 Å². The van der Waals surface area contributed by atoms with Crippen LogP contribution in [0.1, 0.15) is 89.3 Å². The maximum absolute atomic E-state index is 10.0. The molecule has 10 aromatic carbocycles. The van der Waals surface area contributed by atoms with Gasteiger partial charge in [-0.25, -0.2) is 9.97 Å². The van der Waals surface area contributed by atoms with E-state index in [4.69, 9.17) is 51.0 Å². The Morgan fingerprint density at radius 1 is 0.288 bits per heavy atom. The zero-order chi connectivity index (χ0) is 81.0. The van der Waals surface area contributed by atoms with Crippen LogP contribution in [0.2, 0.25) is 0 Å². The summed E-state index contributed by atoms with van der Waals surface area (Å²) in [6, 6.07) is 81.3. The summed E-state index contributed by atoms with van der Waals surface area (Å²) in [6.07, 6.45) is 8.20. The summed E-state index contributed by atoms with van der Waals surface area (Å²) in [6.45, 7) is 15.5. The molecule has 0 spiro atoms. The van der Waals surface area contributed by atoms with Crippen LogP contribution in [0.5, 0.6) is 0 Å². The van der Waals surface area contributed by atoms with Gasteiger partial charge in [0, 0.05) is 128 Å². The number of aromatic nitrogens is 4. The van der Waals surface area contributed by atoms with Crippen molar-refractivity contribution in [2.75, 3.05) is 0 Å². The van der Waals surface area contributed by atoms with Crippen LogP contribution in [-0.2, 0) is 99.6 Å². The standard InChI is InChI=1S/C21H14N3.C20H12N3.C17H12N3.C16H10N3.4C5H8O2.4Ir/c1-13-12-15-6-2-3-9-16(15)22-20(13)21-23-17-10-4-7-14-8-5-11-18(24-21)19(14)17;1-2-8-15-13(5-1)11-12-18(21-15)20-22-16-9-3-6-14-7-4-10-17(23-20)19(14)16;1-11-5-4-10-18-16(11)17-19-13-8-2-6-12-7-3-9-14(20-17)15(12)13;1-2-10-17-14(7-1)16-18-12-8-3-5-11-6-4-9-13(19-16)15(11)12;4*1-4(6)3-5(2)7;;;;/h2-12H,1H3;1-12H;2-10H,1H3;1-10H;4*3,6H,1-2H3;;;;/q4*-1;;;;;;;;. The summed E-state index contributed by atoms with van der Waals surface area (Å²) < 4.78 is 0. The second-order valence-corrected chi connectivity index (χ2v) is 26.5. The maximum atomic E-state index is 10.0. The molecule has 24 heteroatoms. The number of nitrogens with zero attached hydrogens (tertiary/aromatic N) is 12. The minimum atomic E-state index is -0.125. The van der Waals surface area contributed by atoms with E-state index in [-0.39, 0.29) is 127 Å². The van der Waals surface area contributed by atoms with Crippen molar-refractivity contribution in [2.45, 2.75) is 69.2 Å². The second-order valence-electron chi connectivity index (χ2n) is 26.5. The summed E-state index contributed by atoms with van der Waals surface area (Å²) in [7, 11) is 0. The van der Waals surface area contributed by atoms with Gasteiger partial charge in [-0.15, -0.1) is 0 Å². The summed E-state index contributed by atoms with van der Waals surface area (Å²) in [5, 5.41) is 63.7. The number of hydrogen-bond donors (Lipinski definition) is 4. The molecule has 8 heterocycles. The van der Waals surface area contributed by atoms with Crippen molar-refractivity contribution in [1.82, 2.24) is 19.9 Å². The SMILES string of the molecule is CC(=O)C=C(C)O.CC(=O)C=C(C)O.CC(=O)C=C(C)O.CC(=O)C=C(C)O.Cc1cc2ccccc2nc1C1=Nc2cccc3cccc(c23)[N-]1.Cc1cccnc1C1=Nc2cccc3cccc(c23)[N-]1.[Ir].[Ir].[Ir].[Ir].c1ccc(C2=Nc3cccc4cccc(c34)[N-]2)nc1.c1ccc2nc(C3=Nc4cccc5cccc(c45)[N-]3)ccc2c1. The minimum Gasteiger partial charge on any atom is -0.512 e. The van der Waals surface area contributed by atoms with Crippen LogP contribution in [0.15, 0.2) is 322 Å². The van der Waals surface area contributed by atoms with E-state index >= 15 is 0 Å². The molecule has 4 N–H and O–H groups in total. The molecule has 4 radical (unpaired) electrons. The zero-order valence-electron chi connectivity index (χ0n) is 65.7. The third-order valence-corrected chi connectivity index (χ3v) is 17.0. The molecular formula is C94H80Ir4N12O8-4. The first-order valence-electron chi connectivity index (χ1n) is 36.3. The van der Waals surface area contributed by atoms with Crippen LogP contribution < -0.4 is 0 Å². The van der Waals surface area contributed by atoms with Gasteiger partial charge >= 0.3 is 0 Å². The van der Waals surface area contributed by atoms with E-state index in [0.29, 0.717) is 23.3 Å². The number of hydrogen-bond acceptors (Lipinski definition) is 16. The molecule has 0 atom stereocenters. The molecule has 20 nitrogen and oxygen atoms in total. The minimum absolute atomic E-state index is 0. The molecule has 0 bridgehead atoms. The van der Waals surface area contributed by atoms with E-state index in [1.165, 1.54) is 95.9 Å². The first-order valence-corrected chi connectivity index (χ1v) is 36.3. The third-order valence-electron chi connectivity index (χ3n) is 17.0. The normalized spacial score (nSPS) is 12.2. The van der Waals surface area contributed by atoms with Crippen LogP contribution in [0.4, 0.5) is 45.5 Å². The number of rotatable bonds is 8. The molecule has 0 fully saturated rings. The smallest absolute Gasteiger partial charge is 0.155 e. The number of fused-ring (bicyclic) bond motifs is 2. The Labute approximate surface area is 737 Å². The average molecular weight is 2270 g/mol. The van der Waals surface area contributed by atoms with Gasteiger partial charge in [0.2, 0.25) is 0 Å². The fourth-order valence-electron chi connectivity index (χ4n) is 12.4. The molecular weight excluding hydrogens is 2190 g/mol. The molecule has 4 aromatic heterocycles. The van der Waals surface area contributed by atoms with Crippen molar-refractivity contribution in [3.05, 3.63) is 358 Å². The third kappa shape index (κ3) is 24.9. The number of ketones is 4. The van der Waals surface area contributed by atoms with Gasteiger partial charge in [0.15, 0.2) is 23.1 Å². The van der Waals surface area contributed by atoms with Gasteiger partial charge in [0.1, 0.15) is 0 Å². The molecule has 0 unspecified atom stereocenters. The van der Waals surface area contributed by atoms with Crippen LogP contribution in [-0.4, -0.2) is 86.8 Å². The number of pyridine rings is 4. The largest absolute Gasteiger partial charge is 0.512 e. The van der Waals surface area contributed by atoms with Gasteiger partial charge in [-0.05, 0) is 235 Å². The maximum Gasteiger partial charge on any atom is 0.155 e. The number of aryl methyl sites for hydroxylation is 2. The number of carbonyl (C=O) groups excluding carboxylic acids is 4. The van der Waals surface area contributed by atoms with E-state index in [0.717, 1.165) is 128 Å². The van der Waals surface area contributed by atoms with E-state index < -0.39 is 0 Å². The van der Waals surface area contributed by atoms with Crippen LogP contribution in [0, 0.1) is 13.8 Å². The fraction of sp³-hybridized carbons (Fsp3) is 0.106. The zero-order valence-corrected chi connectivity index (χ0v) is 75.3. The number of carbonyl (C=O) groups is 4. The molecule has 0 amide bonds. The topological polar surface area (TPSA) is 307 Å². The fourth-order valence-corrected chi connectivity index (χ4v) is 12.4. The van der Waals surface area contributed by atoms with E-state index in [2.05, 4.69) is 110 Å². The monoisotopic (exact) mass is 2280 g/mol. The number of benzene rings is 10. The first-order chi connectivity index (χ1) is 54.9. The predicted octanol–water partition coefficient (Wildman–Crippen LogP) is 24.4. The van der Waals surface area contributed by atoms with Gasteiger partial charge in [-0.2, -0.15) is 0 Å². The Morgan fingerprint density at radius 2 is 0.610 bits per heavy atom. The van der Waals surface area contributed by atoms with Crippen LogP contribution in [0.3, 0.4) is 0 Å². The van der Waals surface area contributed by atoms with Gasteiger partial charge in [0.25, 0.3) is 0 Å². The Balaban J connectivity index is 0.000000195. The number of allylic oxidation sites excluding steroid dienone is 8. The van der Waals surface area contributed by atoms with Crippen molar-refractivity contribution < 1.29 is 120 Å². The van der Waals surface area contributed by atoms with Gasteiger partial charge < -0.3 is 61.7 Å². The molecule has 604 valence electrons. The number of para-hydroxylation sites is 2. The van der Waals surface area contributed by atoms with Crippen LogP contribution in [0.25, 0.3) is 86.2 Å². The van der Waals surface area contributed by atoms with Gasteiger partial charge in [-0.3, -0.25) is 29.1 Å². The Kier molecular flexibility index (Phi) is 34.7. The first kappa shape index (κ1) is 92.8.